The first-order valence-electron chi connectivity index (χ1n) is 12.5. The number of hydrogen-bond donors (Lipinski definition) is 4. The highest BCUT2D eigenvalue weighted by Gasteiger charge is 2.33. The molecule has 5 nitrogen and oxygen atoms in total. The number of hydrogen-bond acceptors (Lipinski definition) is 3. The van der Waals surface area contributed by atoms with Crippen LogP contribution in [0.3, 0.4) is 0 Å². The predicted octanol–water partition coefficient (Wildman–Crippen LogP) is 6.43. The summed E-state index contributed by atoms with van der Waals surface area (Å²) >= 11 is 0. The zero-order valence-corrected chi connectivity index (χ0v) is 21.8. The minimum absolute atomic E-state index is 0.349. The topological polar surface area (TPSA) is 93.2 Å². The molecule has 0 aliphatic rings. The summed E-state index contributed by atoms with van der Waals surface area (Å²) in [6.45, 7) is 0. The molecule has 0 spiro atoms. The van der Waals surface area contributed by atoms with Gasteiger partial charge in [-0.05, 0) is 58.7 Å². The molecule has 0 saturated heterocycles. The lowest BCUT2D eigenvalue weighted by atomic mass is 9.99. The molecule has 0 aliphatic carbocycles. The van der Waals surface area contributed by atoms with Crippen molar-refractivity contribution in [2.24, 2.45) is 0 Å². The molecule has 0 heterocycles. The maximum absolute atomic E-state index is 15.2. The van der Waals surface area contributed by atoms with Gasteiger partial charge in [-0.15, -0.1) is 0 Å². The van der Waals surface area contributed by atoms with Gasteiger partial charge in [-0.1, -0.05) is 103 Å². The highest BCUT2D eigenvalue weighted by Crippen LogP contribution is 2.44. The van der Waals surface area contributed by atoms with Crippen molar-refractivity contribution in [3.05, 3.63) is 162 Å². The molecule has 38 heavy (non-hydrogen) atoms. The van der Waals surface area contributed by atoms with Gasteiger partial charge >= 0.3 is 0 Å². The summed E-state index contributed by atoms with van der Waals surface area (Å²) in [7, 11) is -3.43. The zero-order valence-electron chi connectivity index (χ0n) is 20.9. The summed E-state index contributed by atoms with van der Waals surface area (Å²) in [6, 6.07) is 44.3. The second-order valence-corrected chi connectivity index (χ2v) is 11.5. The molecule has 0 amide bonds. The molecule has 190 valence electrons. The highest BCUT2D eigenvalue weighted by molar-refractivity contribution is 7.67. The minimum atomic E-state index is -3.43. The summed E-state index contributed by atoms with van der Waals surface area (Å²) in [5, 5.41) is 7.81. The fraction of sp³-hybridized carbons (Fsp3) is 0.0625. The number of nitrogen functional groups attached to an aromatic ring is 2. The Bertz CT molecular complexity index is 1400. The number of nitrogens with one attached hydrogen (secondary N) is 2. The number of rotatable bonds is 9. The van der Waals surface area contributed by atoms with Gasteiger partial charge in [0.05, 0.1) is 12.1 Å². The van der Waals surface area contributed by atoms with E-state index < -0.39 is 7.44 Å². The molecule has 5 rings (SSSR count). The van der Waals surface area contributed by atoms with Crippen LogP contribution in [0.25, 0.3) is 0 Å². The van der Waals surface area contributed by atoms with Gasteiger partial charge in [0, 0.05) is 16.7 Å². The van der Waals surface area contributed by atoms with Crippen LogP contribution in [0.5, 0.6) is 0 Å². The molecule has 5 aromatic carbocycles. The van der Waals surface area contributed by atoms with Crippen LogP contribution in [-0.4, -0.2) is 0 Å². The van der Waals surface area contributed by atoms with Crippen LogP contribution in [0.1, 0.15) is 34.3 Å². The van der Waals surface area contributed by atoms with Gasteiger partial charge in [-0.3, -0.25) is 4.57 Å². The maximum atomic E-state index is 15.2. The van der Waals surface area contributed by atoms with Gasteiger partial charge in [0.15, 0.2) is 0 Å². The molecule has 6 heteroatoms. The molecule has 0 fully saturated rings. The van der Waals surface area contributed by atoms with E-state index in [1.54, 1.807) is 0 Å². The van der Waals surface area contributed by atoms with Crippen LogP contribution < -0.4 is 26.9 Å². The summed E-state index contributed by atoms with van der Waals surface area (Å²) in [4.78, 5) is 0. The molecular formula is C32H31N4OP. The van der Waals surface area contributed by atoms with E-state index in [4.69, 9.17) is 11.5 Å². The normalized spacial score (nSPS) is 14.3. The Hall–Kier alpha value is -4.15. The van der Waals surface area contributed by atoms with E-state index in [1.165, 1.54) is 0 Å². The smallest absolute Gasteiger partial charge is 0.242 e. The van der Waals surface area contributed by atoms with Crippen molar-refractivity contribution in [3.8, 4) is 0 Å². The summed E-state index contributed by atoms with van der Waals surface area (Å²) < 4.78 is 15.2. The fourth-order valence-electron chi connectivity index (χ4n) is 4.54. The molecule has 0 bridgehead atoms. The van der Waals surface area contributed by atoms with E-state index in [0.717, 1.165) is 22.3 Å². The molecule has 0 aliphatic heterocycles. The van der Waals surface area contributed by atoms with E-state index in [-0.39, 0.29) is 12.1 Å². The SMILES string of the molecule is Nc1ccc(C(NP(=O)(NC(c2ccccc2)c2ccc(N)cc2)c2ccccc2)c2ccccc2)cc1. The second-order valence-electron chi connectivity index (χ2n) is 9.22. The fourth-order valence-corrected chi connectivity index (χ4v) is 6.83. The van der Waals surface area contributed by atoms with Crippen molar-refractivity contribution in [1.82, 2.24) is 10.2 Å². The van der Waals surface area contributed by atoms with Crippen molar-refractivity contribution in [2.75, 3.05) is 11.5 Å². The standard InChI is InChI=1S/C32H31N4OP/c33-28-20-16-26(17-21-28)31(24-10-4-1-5-11-24)35-38(37,30-14-8-3-9-15-30)36-32(25-12-6-2-7-13-25)27-18-22-29(34)23-19-27/h1-23,31-32H,33-34H2,(H2,35,36,37). The zero-order chi connectivity index (χ0) is 26.4. The van der Waals surface area contributed by atoms with E-state index >= 15 is 4.57 Å². The van der Waals surface area contributed by atoms with Crippen molar-refractivity contribution >= 4 is 24.1 Å². The van der Waals surface area contributed by atoms with Gasteiger partial charge in [0.1, 0.15) is 0 Å². The molecule has 0 aromatic heterocycles. The third kappa shape index (κ3) is 5.87. The first kappa shape index (κ1) is 25.5. The highest BCUT2D eigenvalue weighted by atomic mass is 31.2. The van der Waals surface area contributed by atoms with E-state index in [2.05, 4.69) is 10.2 Å². The van der Waals surface area contributed by atoms with Gasteiger partial charge < -0.3 is 11.5 Å². The Balaban J connectivity index is 1.62. The number of benzene rings is 5. The monoisotopic (exact) mass is 518 g/mol. The summed E-state index contributed by atoms with van der Waals surface area (Å²) in [6.07, 6.45) is 0. The summed E-state index contributed by atoms with van der Waals surface area (Å²) in [5.41, 5.74) is 17.3. The lowest BCUT2D eigenvalue weighted by Gasteiger charge is -2.32. The van der Waals surface area contributed by atoms with Crippen LogP contribution in [0.2, 0.25) is 0 Å². The predicted molar refractivity (Wildman–Crippen MR) is 158 cm³/mol. The first-order chi connectivity index (χ1) is 18.5. The molecule has 5 aromatic rings. The van der Waals surface area contributed by atoms with E-state index in [9.17, 15) is 0 Å². The van der Waals surface area contributed by atoms with Crippen molar-refractivity contribution in [3.63, 3.8) is 0 Å². The number of anilines is 2. The van der Waals surface area contributed by atoms with Gasteiger partial charge in [0.2, 0.25) is 7.44 Å². The van der Waals surface area contributed by atoms with Crippen LogP contribution in [0.15, 0.2) is 140 Å². The van der Waals surface area contributed by atoms with Gasteiger partial charge in [0.25, 0.3) is 0 Å². The lowest BCUT2D eigenvalue weighted by Crippen LogP contribution is -2.35. The van der Waals surface area contributed by atoms with Crippen LogP contribution in [-0.2, 0) is 4.57 Å². The molecule has 6 N–H and O–H groups in total. The second kappa shape index (κ2) is 11.5. The van der Waals surface area contributed by atoms with Crippen LogP contribution in [0, 0.1) is 0 Å². The summed E-state index contributed by atoms with van der Waals surface area (Å²) in [5.74, 6) is 0. The minimum Gasteiger partial charge on any atom is -0.399 e. The van der Waals surface area contributed by atoms with Crippen molar-refractivity contribution < 1.29 is 4.57 Å². The third-order valence-corrected chi connectivity index (χ3v) is 8.82. The molecule has 2 atom stereocenters. The largest absolute Gasteiger partial charge is 0.399 e. The number of nitrogens with two attached hydrogens (primary N) is 2. The average molecular weight is 519 g/mol. The van der Waals surface area contributed by atoms with Crippen molar-refractivity contribution in [2.45, 2.75) is 12.1 Å². The molecule has 0 radical (unpaired) electrons. The Morgan fingerprint density at radius 1 is 0.447 bits per heavy atom. The lowest BCUT2D eigenvalue weighted by molar-refractivity contribution is 0.546. The maximum Gasteiger partial charge on any atom is 0.242 e. The molecule has 2 unspecified atom stereocenters. The van der Waals surface area contributed by atoms with Gasteiger partial charge in [-0.2, -0.15) is 0 Å². The molecular weight excluding hydrogens is 487 g/mol. The molecule has 0 saturated carbocycles. The Kier molecular flexibility index (Phi) is 7.71. The Morgan fingerprint density at radius 3 is 1.13 bits per heavy atom. The quantitative estimate of drug-likeness (QED) is 0.133. The van der Waals surface area contributed by atoms with Crippen LogP contribution in [0.4, 0.5) is 11.4 Å². The Labute approximate surface area is 224 Å². The third-order valence-electron chi connectivity index (χ3n) is 6.55. The Morgan fingerprint density at radius 2 is 0.763 bits per heavy atom. The average Bonchev–Trinajstić information content (AvgIpc) is 2.97. The first-order valence-corrected chi connectivity index (χ1v) is 14.2. The van der Waals surface area contributed by atoms with E-state index in [0.29, 0.717) is 16.7 Å². The van der Waals surface area contributed by atoms with E-state index in [1.807, 2.05) is 140 Å². The van der Waals surface area contributed by atoms with Gasteiger partial charge in [-0.25, -0.2) is 10.2 Å². The van der Waals surface area contributed by atoms with Crippen LogP contribution >= 0.6 is 7.44 Å². The van der Waals surface area contributed by atoms with Crippen molar-refractivity contribution in [1.29, 1.82) is 0 Å².